The highest BCUT2D eigenvalue weighted by atomic mass is 16.2. The standard InChI is InChI=1S/C20H23N3O2/c24-19-10-14(12-21-19)13-22-20(25)17-5-4-15-6-8-23(18-2-1-3-18)9-7-16(15)11-17/h1-5,11,14H,6-10,12-13H2,(H,21,24)(H,22,25). The summed E-state index contributed by atoms with van der Waals surface area (Å²) >= 11 is 0. The number of nitrogens with one attached hydrogen (secondary N) is 2. The monoisotopic (exact) mass is 337 g/mol. The SMILES string of the molecule is O=C1CC(CNC(=O)c2ccc3c(c2)CCN(C2=CC=C2)CC3)CN1. The molecule has 130 valence electrons. The second-order valence-corrected chi connectivity index (χ2v) is 7.01. The lowest BCUT2D eigenvalue weighted by molar-refractivity contribution is -0.119. The molecule has 1 aromatic carbocycles. The van der Waals surface area contributed by atoms with Gasteiger partial charge in [0.2, 0.25) is 5.91 Å². The van der Waals surface area contributed by atoms with Crippen LogP contribution in [-0.2, 0) is 17.6 Å². The summed E-state index contributed by atoms with van der Waals surface area (Å²) < 4.78 is 0. The Morgan fingerprint density at radius 2 is 2.04 bits per heavy atom. The Balaban J connectivity index is 1.38. The highest BCUT2D eigenvalue weighted by Gasteiger charge is 2.22. The predicted octanol–water partition coefficient (Wildman–Crippen LogP) is 1.41. The van der Waals surface area contributed by atoms with E-state index in [2.05, 4.69) is 39.8 Å². The lowest BCUT2D eigenvalue weighted by Gasteiger charge is -2.26. The molecule has 5 heteroatoms. The fraction of sp³-hybridized carbons (Fsp3) is 0.400. The molecule has 2 heterocycles. The summed E-state index contributed by atoms with van der Waals surface area (Å²) in [6.45, 7) is 3.22. The van der Waals surface area contributed by atoms with Gasteiger partial charge in [0.05, 0.1) is 0 Å². The first-order valence-electron chi connectivity index (χ1n) is 8.99. The number of rotatable bonds is 4. The predicted molar refractivity (Wildman–Crippen MR) is 96.1 cm³/mol. The van der Waals surface area contributed by atoms with E-state index < -0.39 is 0 Å². The molecule has 1 fully saturated rings. The number of nitrogens with zero attached hydrogens (tertiary/aromatic N) is 1. The van der Waals surface area contributed by atoms with Gasteiger partial charge in [0.1, 0.15) is 0 Å². The molecule has 5 nitrogen and oxygen atoms in total. The number of carbonyl (C=O) groups is 2. The third kappa shape index (κ3) is 3.45. The van der Waals surface area contributed by atoms with Crippen LogP contribution >= 0.6 is 0 Å². The maximum atomic E-state index is 12.4. The van der Waals surface area contributed by atoms with E-state index in [0.29, 0.717) is 25.1 Å². The first-order valence-corrected chi connectivity index (χ1v) is 8.99. The van der Waals surface area contributed by atoms with E-state index in [1.54, 1.807) is 0 Å². The Kier molecular flexibility index (Phi) is 4.30. The van der Waals surface area contributed by atoms with Crippen molar-refractivity contribution >= 4 is 11.8 Å². The summed E-state index contributed by atoms with van der Waals surface area (Å²) in [5.41, 5.74) is 4.64. The molecule has 2 amide bonds. The molecule has 0 saturated carbocycles. The van der Waals surface area contributed by atoms with Gasteiger partial charge in [0.25, 0.3) is 5.91 Å². The van der Waals surface area contributed by atoms with Gasteiger partial charge in [-0.05, 0) is 48.3 Å². The molecule has 4 rings (SSSR count). The summed E-state index contributed by atoms with van der Waals surface area (Å²) in [6.07, 6.45) is 8.85. The van der Waals surface area contributed by atoms with Crippen LogP contribution in [0.5, 0.6) is 0 Å². The van der Waals surface area contributed by atoms with Crippen molar-refractivity contribution in [3.05, 3.63) is 58.8 Å². The minimum atomic E-state index is -0.0483. The molecule has 3 aliphatic rings. The van der Waals surface area contributed by atoms with Gasteiger partial charge in [0.15, 0.2) is 0 Å². The van der Waals surface area contributed by atoms with Gasteiger partial charge >= 0.3 is 0 Å². The number of benzene rings is 1. The lowest BCUT2D eigenvalue weighted by Crippen LogP contribution is -2.30. The molecule has 1 unspecified atom stereocenters. The third-order valence-electron chi connectivity index (χ3n) is 5.28. The first kappa shape index (κ1) is 15.9. The minimum Gasteiger partial charge on any atom is -0.371 e. The Morgan fingerprint density at radius 1 is 1.24 bits per heavy atom. The summed E-state index contributed by atoms with van der Waals surface area (Å²) in [5.74, 6) is 0.229. The highest BCUT2D eigenvalue weighted by molar-refractivity contribution is 5.94. The average molecular weight is 337 g/mol. The van der Waals surface area contributed by atoms with E-state index in [4.69, 9.17) is 0 Å². The van der Waals surface area contributed by atoms with Gasteiger partial charge in [-0.15, -0.1) is 0 Å². The smallest absolute Gasteiger partial charge is 0.251 e. The summed E-state index contributed by atoms with van der Waals surface area (Å²) in [7, 11) is 0. The highest BCUT2D eigenvalue weighted by Crippen LogP contribution is 2.22. The molecular weight excluding hydrogens is 314 g/mol. The number of carbonyl (C=O) groups excluding carboxylic acids is 2. The minimum absolute atomic E-state index is 0.0483. The van der Waals surface area contributed by atoms with Crippen molar-refractivity contribution in [2.75, 3.05) is 26.2 Å². The fourth-order valence-electron chi connectivity index (χ4n) is 3.67. The van der Waals surface area contributed by atoms with Crippen LogP contribution in [-0.4, -0.2) is 42.9 Å². The Hall–Kier alpha value is -2.56. The van der Waals surface area contributed by atoms with Crippen molar-refractivity contribution in [1.82, 2.24) is 15.5 Å². The van der Waals surface area contributed by atoms with Crippen LogP contribution in [0.4, 0.5) is 0 Å². The average Bonchev–Trinajstić information content (AvgIpc) is 2.87. The molecule has 2 N–H and O–H groups in total. The zero-order valence-corrected chi connectivity index (χ0v) is 14.3. The number of allylic oxidation sites excluding steroid dienone is 3. The van der Waals surface area contributed by atoms with Crippen LogP contribution in [0.25, 0.3) is 0 Å². The molecule has 0 aromatic heterocycles. The van der Waals surface area contributed by atoms with Crippen LogP contribution in [0, 0.1) is 5.92 Å². The summed E-state index contributed by atoms with van der Waals surface area (Å²) in [6, 6.07) is 6.06. The largest absolute Gasteiger partial charge is 0.371 e. The van der Waals surface area contributed by atoms with Gasteiger partial charge in [-0.1, -0.05) is 12.1 Å². The Morgan fingerprint density at radius 3 is 2.72 bits per heavy atom. The summed E-state index contributed by atoms with van der Waals surface area (Å²) in [4.78, 5) is 26.1. The summed E-state index contributed by atoms with van der Waals surface area (Å²) in [5, 5.41) is 5.77. The quantitative estimate of drug-likeness (QED) is 0.873. The number of fused-ring (bicyclic) bond motifs is 1. The maximum Gasteiger partial charge on any atom is 0.251 e. The number of hydrogen-bond acceptors (Lipinski definition) is 3. The lowest BCUT2D eigenvalue weighted by atomic mass is 9.99. The van der Waals surface area contributed by atoms with Crippen molar-refractivity contribution in [3.8, 4) is 0 Å². The van der Waals surface area contributed by atoms with Gasteiger partial charge in [-0.25, -0.2) is 0 Å². The second-order valence-electron chi connectivity index (χ2n) is 7.01. The Bertz CT molecular complexity index is 766. The molecule has 25 heavy (non-hydrogen) atoms. The zero-order valence-electron chi connectivity index (χ0n) is 14.3. The van der Waals surface area contributed by atoms with Crippen LogP contribution in [0.3, 0.4) is 0 Å². The van der Waals surface area contributed by atoms with E-state index in [-0.39, 0.29) is 17.7 Å². The molecule has 0 bridgehead atoms. The van der Waals surface area contributed by atoms with Crippen LogP contribution in [0.1, 0.15) is 27.9 Å². The first-order chi connectivity index (χ1) is 12.2. The van der Waals surface area contributed by atoms with Crippen LogP contribution < -0.4 is 10.6 Å². The zero-order chi connectivity index (χ0) is 17.2. The van der Waals surface area contributed by atoms with E-state index in [1.165, 1.54) is 16.8 Å². The normalized spacial score (nSPS) is 21.8. The van der Waals surface area contributed by atoms with E-state index in [0.717, 1.165) is 25.9 Å². The van der Waals surface area contributed by atoms with Crippen molar-refractivity contribution in [2.24, 2.45) is 5.92 Å². The number of amides is 2. The molecule has 1 aromatic rings. The molecule has 0 radical (unpaired) electrons. The fourth-order valence-corrected chi connectivity index (χ4v) is 3.67. The molecule has 1 saturated heterocycles. The molecule has 0 spiro atoms. The second kappa shape index (κ2) is 6.75. The van der Waals surface area contributed by atoms with Crippen molar-refractivity contribution in [1.29, 1.82) is 0 Å². The van der Waals surface area contributed by atoms with Crippen molar-refractivity contribution in [2.45, 2.75) is 19.3 Å². The molecule has 1 atom stereocenters. The van der Waals surface area contributed by atoms with Gasteiger partial charge in [-0.3, -0.25) is 9.59 Å². The number of hydrogen-bond donors (Lipinski definition) is 2. The third-order valence-corrected chi connectivity index (χ3v) is 5.28. The molecule has 1 aliphatic carbocycles. The van der Waals surface area contributed by atoms with Gasteiger partial charge in [0, 0.05) is 49.8 Å². The Labute approximate surface area is 147 Å². The van der Waals surface area contributed by atoms with Gasteiger partial charge in [-0.2, -0.15) is 0 Å². The van der Waals surface area contributed by atoms with E-state index in [1.807, 2.05) is 12.1 Å². The van der Waals surface area contributed by atoms with Crippen LogP contribution in [0.2, 0.25) is 0 Å². The van der Waals surface area contributed by atoms with E-state index in [9.17, 15) is 9.59 Å². The van der Waals surface area contributed by atoms with Crippen molar-refractivity contribution in [3.63, 3.8) is 0 Å². The molecular formula is C20H23N3O2. The maximum absolute atomic E-state index is 12.4. The van der Waals surface area contributed by atoms with E-state index >= 15 is 0 Å². The molecule has 2 aliphatic heterocycles. The van der Waals surface area contributed by atoms with Crippen molar-refractivity contribution < 1.29 is 9.59 Å². The van der Waals surface area contributed by atoms with Crippen LogP contribution in [0.15, 0.2) is 42.1 Å². The van der Waals surface area contributed by atoms with Gasteiger partial charge < -0.3 is 15.5 Å². The topological polar surface area (TPSA) is 61.4 Å².